The summed E-state index contributed by atoms with van der Waals surface area (Å²) < 4.78 is 10.2. The fraction of sp³-hybridized carbons (Fsp3) is 0.278. The average Bonchev–Trinajstić information content (AvgIpc) is 2.93. The normalized spacial score (nSPS) is 18.5. The predicted octanol–water partition coefficient (Wildman–Crippen LogP) is 3.37. The van der Waals surface area contributed by atoms with Crippen molar-refractivity contribution in [1.82, 2.24) is 0 Å². The van der Waals surface area contributed by atoms with Crippen LogP contribution in [-0.4, -0.2) is 26.5 Å². The number of para-hydroxylation sites is 1. The van der Waals surface area contributed by atoms with Crippen molar-refractivity contribution in [1.29, 1.82) is 0 Å². The van der Waals surface area contributed by atoms with Crippen LogP contribution >= 0.6 is 0 Å². The Hall–Kier alpha value is -2.33. The molecule has 22 heavy (non-hydrogen) atoms. The van der Waals surface area contributed by atoms with Crippen LogP contribution in [0.4, 0.5) is 5.69 Å². The molecule has 0 saturated heterocycles. The molecule has 0 bridgehead atoms. The molecule has 4 heteroatoms. The number of aryl methyl sites for hydroxylation is 1. The van der Waals surface area contributed by atoms with Gasteiger partial charge in [0, 0.05) is 18.4 Å². The van der Waals surface area contributed by atoms with Gasteiger partial charge in [0.2, 0.25) is 0 Å². The summed E-state index contributed by atoms with van der Waals surface area (Å²) in [6.45, 7) is 2.04. The summed E-state index contributed by atoms with van der Waals surface area (Å²) in [5, 5.41) is 3.09. The van der Waals surface area contributed by atoms with Gasteiger partial charge in [0.25, 0.3) is 0 Å². The van der Waals surface area contributed by atoms with Crippen molar-refractivity contribution in [2.45, 2.75) is 19.1 Å². The van der Waals surface area contributed by atoms with Crippen molar-refractivity contribution >= 4 is 12.0 Å². The molecule has 0 radical (unpaired) electrons. The molecular weight excluding hydrogens is 278 g/mol. The Morgan fingerprint density at radius 1 is 1.09 bits per heavy atom. The summed E-state index contributed by atoms with van der Waals surface area (Å²) >= 11 is 0. The molecule has 1 aliphatic rings. The van der Waals surface area contributed by atoms with E-state index in [-0.39, 0.29) is 12.1 Å². The lowest BCUT2D eigenvalue weighted by atomic mass is 10.1. The van der Waals surface area contributed by atoms with Gasteiger partial charge in [0.05, 0.1) is 7.11 Å². The number of hydrogen-bond donors (Lipinski definition) is 1. The summed E-state index contributed by atoms with van der Waals surface area (Å²) in [6, 6.07) is 15.5. The highest BCUT2D eigenvalue weighted by Crippen LogP contribution is 2.34. The minimum absolute atomic E-state index is 0.145. The summed E-state index contributed by atoms with van der Waals surface area (Å²) in [6.07, 6.45) is 0.738. The number of hydrogen-bond acceptors (Lipinski definition) is 4. The minimum Gasteiger partial charge on any atom is -0.497 e. The number of fused-ring (bicyclic) bond motifs is 1. The number of methoxy groups -OCH3 is 2. The lowest BCUT2D eigenvalue weighted by Crippen LogP contribution is -2.22. The number of carbonyl (C=O) groups is 1. The van der Waals surface area contributed by atoms with Gasteiger partial charge in [-0.15, -0.1) is 0 Å². The van der Waals surface area contributed by atoms with Crippen LogP contribution in [0.15, 0.2) is 48.5 Å². The molecule has 3 rings (SSSR count). The largest absolute Gasteiger partial charge is 0.497 e. The van der Waals surface area contributed by atoms with Gasteiger partial charge < -0.3 is 19.6 Å². The Kier molecular flexibility index (Phi) is 5.55. The second kappa shape index (κ2) is 7.61. The number of rotatable bonds is 3. The first-order valence-electron chi connectivity index (χ1n) is 7.13. The summed E-state index contributed by atoms with van der Waals surface area (Å²) in [4.78, 5) is 10.7. The average molecular weight is 299 g/mol. The molecule has 2 aromatic rings. The number of anilines is 1. The van der Waals surface area contributed by atoms with E-state index in [0.29, 0.717) is 0 Å². The smallest absolute Gasteiger partial charge is 0.145 e. The van der Waals surface area contributed by atoms with E-state index < -0.39 is 0 Å². The Morgan fingerprint density at radius 2 is 1.86 bits per heavy atom. The van der Waals surface area contributed by atoms with Crippen LogP contribution in [0, 0.1) is 6.92 Å². The number of carbonyl (C=O) groups excluding carboxylic acids is 1. The van der Waals surface area contributed by atoms with E-state index in [1.165, 1.54) is 5.56 Å². The fourth-order valence-corrected chi connectivity index (χ4v) is 2.45. The predicted molar refractivity (Wildman–Crippen MR) is 87.4 cm³/mol. The van der Waals surface area contributed by atoms with Crippen LogP contribution in [-0.2, 0) is 9.53 Å². The lowest BCUT2D eigenvalue weighted by molar-refractivity contribution is -0.110. The molecule has 4 nitrogen and oxygen atoms in total. The fourth-order valence-electron chi connectivity index (χ4n) is 2.45. The molecule has 0 saturated carbocycles. The molecule has 0 aliphatic carbocycles. The Labute approximate surface area is 131 Å². The SMILES string of the molecule is COC1c2ccccc2NC1C=O.COc1cccc(C)c1. The van der Waals surface area contributed by atoms with Gasteiger partial charge in [-0.3, -0.25) is 0 Å². The van der Waals surface area contributed by atoms with Gasteiger partial charge in [-0.2, -0.15) is 0 Å². The highest BCUT2D eigenvalue weighted by Gasteiger charge is 2.31. The van der Waals surface area contributed by atoms with E-state index in [2.05, 4.69) is 5.32 Å². The zero-order valence-corrected chi connectivity index (χ0v) is 13.1. The maximum absolute atomic E-state index is 10.7. The molecule has 2 aromatic carbocycles. The molecule has 116 valence electrons. The third-order valence-corrected chi connectivity index (χ3v) is 3.54. The van der Waals surface area contributed by atoms with Crippen molar-refractivity contribution in [2.75, 3.05) is 19.5 Å². The van der Waals surface area contributed by atoms with E-state index in [4.69, 9.17) is 9.47 Å². The summed E-state index contributed by atoms with van der Waals surface area (Å²) in [5.41, 5.74) is 3.28. The van der Waals surface area contributed by atoms with Crippen molar-refractivity contribution in [2.24, 2.45) is 0 Å². The third kappa shape index (κ3) is 3.65. The molecule has 0 fully saturated rings. The Morgan fingerprint density at radius 3 is 2.45 bits per heavy atom. The van der Waals surface area contributed by atoms with Crippen LogP contribution in [0.1, 0.15) is 17.2 Å². The van der Waals surface area contributed by atoms with E-state index in [1.807, 2.05) is 55.5 Å². The van der Waals surface area contributed by atoms with Crippen molar-refractivity contribution in [3.05, 3.63) is 59.7 Å². The monoisotopic (exact) mass is 299 g/mol. The summed E-state index contributed by atoms with van der Waals surface area (Å²) in [5.74, 6) is 0.926. The number of aldehydes is 1. The van der Waals surface area contributed by atoms with Gasteiger partial charge in [-0.05, 0) is 30.7 Å². The molecule has 1 aliphatic heterocycles. The molecule has 0 aromatic heterocycles. The molecule has 0 spiro atoms. The standard InChI is InChI=1S/C10H11NO2.C8H10O/c1-13-10-7-4-2-3-5-8(7)11-9(10)6-12;1-7-4-3-5-8(6-7)9-2/h2-6,9-11H,1H3;3-6H,1-2H3. The van der Waals surface area contributed by atoms with E-state index in [9.17, 15) is 4.79 Å². The molecular formula is C18H21NO3. The first-order valence-corrected chi connectivity index (χ1v) is 7.13. The first kappa shape index (κ1) is 16.0. The maximum Gasteiger partial charge on any atom is 0.145 e. The summed E-state index contributed by atoms with van der Waals surface area (Å²) in [7, 11) is 3.29. The molecule has 2 unspecified atom stereocenters. The van der Waals surface area contributed by atoms with Gasteiger partial charge in [-0.25, -0.2) is 0 Å². The van der Waals surface area contributed by atoms with E-state index in [0.717, 1.165) is 23.3 Å². The molecule has 0 amide bonds. The van der Waals surface area contributed by atoms with Crippen molar-refractivity contribution in [3.8, 4) is 5.75 Å². The highest BCUT2D eigenvalue weighted by atomic mass is 16.5. The molecule has 2 atom stereocenters. The zero-order chi connectivity index (χ0) is 15.9. The van der Waals surface area contributed by atoms with Gasteiger partial charge in [0.1, 0.15) is 24.2 Å². The quantitative estimate of drug-likeness (QED) is 0.883. The first-order chi connectivity index (χ1) is 10.7. The lowest BCUT2D eigenvalue weighted by Gasteiger charge is -2.12. The minimum atomic E-state index is -0.248. The van der Waals surface area contributed by atoms with Gasteiger partial charge in [-0.1, -0.05) is 30.3 Å². The van der Waals surface area contributed by atoms with E-state index in [1.54, 1.807) is 14.2 Å². The van der Waals surface area contributed by atoms with Crippen molar-refractivity contribution < 1.29 is 14.3 Å². The number of ether oxygens (including phenoxy) is 2. The Bertz CT molecular complexity index is 627. The van der Waals surface area contributed by atoms with Gasteiger partial charge in [0.15, 0.2) is 0 Å². The maximum atomic E-state index is 10.7. The number of benzene rings is 2. The van der Waals surface area contributed by atoms with E-state index >= 15 is 0 Å². The molecule has 1 heterocycles. The van der Waals surface area contributed by atoms with Crippen LogP contribution in [0.3, 0.4) is 0 Å². The topological polar surface area (TPSA) is 47.6 Å². The zero-order valence-electron chi connectivity index (χ0n) is 13.1. The second-order valence-electron chi connectivity index (χ2n) is 5.07. The second-order valence-corrected chi connectivity index (χ2v) is 5.07. The van der Waals surface area contributed by atoms with Crippen LogP contribution in [0.5, 0.6) is 5.75 Å². The van der Waals surface area contributed by atoms with Crippen LogP contribution < -0.4 is 10.1 Å². The van der Waals surface area contributed by atoms with Crippen LogP contribution in [0.2, 0.25) is 0 Å². The van der Waals surface area contributed by atoms with Crippen LogP contribution in [0.25, 0.3) is 0 Å². The third-order valence-electron chi connectivity index (χ3n) is 3.54. The van der Waals surface area contributed by atoms with Crippen molar-refractivity contribution in [3.63, 3.8) is 0 Å². The number of nitrogens with one attached hydrogen (secondary N) is 1. The highest BCUT2D eigenvalue weighted by molar-refractivity contribution is 5.73. The Balaban J connectivity index is 0.000000172. The molecule has 1 N–H and O–H groups in total. The van der Waals surface area contributed by atoms with Gasteiger partial charge >= 0.3 is 0 Å².